The fourth-order valence-electron chi connectivity index (χ4n) is 1.91. The summed E-state index contributed by atoms with van der Waals surface area (Å²) in [5, 5.41) is 3.28. The summed E-state index contributed by atoms with van der Waals surface area (Å²) >= 11 is 0. The smallest absolute Gasteiger partial charge is 0.119 e. The lowest BCUT2D eigenvalue weighted by molar-refractivity contribution is 0.262. The molecular weight excluding hydrogens is 222 g/mol. The monoisotopic (exact) mass is 249 g/mol. The summed E-state index contributed by atoms with van der Waals surface area (Å²) < 4.78 is 5.82. The summed E-state index contributed by atoms with van der Waals surface area (Å²) in [6.45, 7) is 9.60. The lowest BCUT2D eigenvalue weighted by atomic mass is 9.87. The van der Waals surface area contributed by atoms with Crippen molar-refractivity contribution >= 4 is 0 Å². The van der Waals surface area contributed by atoms with E-state index in [9.17, 15) is 0 Å². The van der Waals surface area contributed by atoms with Crippen LogP contribution in [0.15, 0.2) is 24.3 Å². The minimum atomic E-state index is 0.203. The highest BCUT2D eigenvalue weighted by Gasteiger charge is 2.13. The van der Waals surface area contributed by atoms with Gasteiger partial charge in [0, 0.05) is 6.04 Å². The second-order valence-corrected chi connectivity index (χ2v) is 5.86. The van der Waals surface area contributed by atoms with Gasteiger partial charge in [-0.15, -0.1) is 0 Å². The summed E-state index contributed by atoms with van der Waals surface area (Å²) in [6.07, 6.45) is 2.33. The van der Waals surface area contributed by atoms with Gasteiger partial charge in [0.1, 0.15) is 12.4 Å². The van der Waals surface area contributed by atoms with Gasteiger partial charge in [0.15, 0.2) is 0 Å². The van der Waals surface area contributed by atoms with Crippen molar-refractivity contribution < 1.29 is 4.74 Å². The molecule has 0 aliphatic carbocycles. The Morgan fingerprint density at radius 1 is 1.17 bits per heavy atom. The number of hydrogen-bond acceptors (Lipinski definition) is 2. The Hall–Kier alpha value is -1.02. The Morgan fingerprint density at radius 2 is 1.78 bits per heavy atom. The molecule has 1 unspecified atom stereocenters. The molecule has 0 aliphatic heterocycles. The van der Waals surface area contributed by atoms with E-state index in [1.165, 1.54) is 12.0 Å². The van der Waals surface area contributed by atoms with Gasteiger partial charge >= 0.3 is 0 Å². The Kier molecular flexibility index (Phi) is 5.67. The molecule has 0 saturated carbocycles. The highest BCUT2D eigenvalue weighted by molar-refractivity contribution is 5.31. The maximum Gasteiger partial charge on any atom is 0.119 e. The molecule has 1 rings (SSSR count). The van der Waals surface area contributed by atoms with Gasteiger partial charge in [0.25, 0.3) is 0 Å². The van der Waals surface area contributed by atoms with Crippen LogP contribution in [0.1, 0.15) is 46.1 Å². The fraction of sp³-hybridized carbons (Fsp3) is 0.625. The molecule has 0 spiro atoms. The highest BCUT2D eigenvalue weighted by Crippen LogP contribution is 2.24. The van der Waals surface area contributed by atoms with E-state index >= 15 is 0 Å². The van der Waals surface area contributed by atoms with Crippen LogP contribution in [0.4, 0.5) is 0 Å². The van der Waals surface area contributed by atoms with E-state index in [0.717, 1.165) is 18.8 Å². The number of hydrogen-bond donors (Lipinski definition) is 1. The van der Waals surface area contributed by atoms with E-state index in [2.05, 4.69) is 57.3 Å². The van der Waals surface area contributed by atoms with E-state index in [4.69, 9.17) is 4.74 Å². The largest absolute Gasteiger partial charge is 0.492 e. The Bertz CT molecular complexity index is 337. The number of ether oxygens (including phenoxy) is 1. The number of nitrogens with one attached hydrogen (secondary N) is 1. The predicted octanol–water partition coefficient (Wildman–Crippen LogP) is 3.75. The van der Waals surface area contributed by atoms with Crippen molar-refractivity contribution in [3.63, 3.8) is 0 Å². The molecule has 1 atom stereocenters. The van der Waals surface area contributed by atoms with Crippen LogP contribution in [0.25, 0.3) is 0 Å². The lowest BCUT2D eigenvalue weighted by Gasteiger charge is -2.20. The Balaban J connectivity index is 2.53. The van der Waals surface area contributed by atoms with Crippen molar-refractivity contribution in [2.75, 3.05) is 13.7 Å². The standard InChI is InChI=1S/C16H27NO/c1-6-7-14(17-5)12-18-15-10-8-13(9-11-15)16(2,3)4/h8-11,14,17H,6-7,12H2,1-5H3. The summed E-state index contributed by atoms with van der Waals surface area (Å²) in [5.41, 5.74) is 1.54. The van der Waals surface area contributed by atoms with Gasteiger partial charge in [0.2, 0.25) is 0 Å². The van der Waals surface area contributed by atoms with Crippen LogP contribution in [0.5, 0.6) is 5.75 Å². The van der Waals surface area contributed by atoms with Crippen LogP contribution in [-0.4, -0.2) is 19.7 Å². The van der Waals surface area contributed by atoms with Crippen LogP contribution in [0.2, 0.25) is 0 Å². The third-order valence-corrected chi connectivity index (χ3v) is 3.22. The van der Waals surface area contributed by atoms with Gasteiger partial charge in [0.05, 0.1) is 0 Å². The first-order chi connectivity index (χ1) is 8.47. The van der Waals surface area contributed by atoms with Crippen molar-refractivity contribution in [3.8, 4) is 5.75 Å². The quantitative estimate of drug-likeness (QED) is 0.829. The van der Waals surface area contributed by atoms with E-state index < -0.39 is 0 Å². The average molecular weight is 249 g/mol. The summed E-state index contributed by atoms with van der Waals surface area (Å²) in [6, 6.07) is 8.89. The van der Waals surface area contributed by atoms with Crippen molar-refractivity contribution in [3.05, 3.63) is 29.8 Å². The van der Waals surface area contributed by atoms with Crippen molar-refractivity contribution in [2.45, 2.75) is 52.0 Å². The molecule has 2 heteroatoms. The summed E-state index contributed by atoms with van der Waals surface area (Å²) in [4.78, 5) is 0. The molecule has 0 saturated heterocycles. The van der Waals surface area contributed by atoms with Gasteiger partial charge < -0.3 is 10.1 Å². The molecule has 1 N–H and O–H groups in total. The topological polar surface area (TPSA) is 21.3 Å². The zero-order valence-electron chi connectivity index (χ0n) is 12.4. The second-order valence-electron chi connectivity index (χ2n) is 5.86. The molecule has 0 fully saturated rings. The van der Waals surface area contributed by atoms with Gasteiger partial charge in [-0.3, -0.25) is 0 Å². The van der Waals surface area contributed by atoms with E-state index in [1.54, 1.807) is 0 Å². The van der Waals surface area contributed by atoms with Crippen molar-refractivity contribution in [2.24, 2.45) is 0 Å². The number of likely N-dealkylation sites (N-methyl/N-ethyl adjacent to an activating group) is 1. The van der Waals surface area contributed by atoms with Gasteiger partial charge in [-0.2, -0.15) is 0 Å². The first-order valence-electron chi connectivity index (χ1n) is 6.88. The van der Waals surface area contributed by atoms with E-state index in [1.807, 2.05) is 7.05 Å². The lowest BCUT2D eigenvalue weighted by Crippen LogP contribution is -2.31. The fourth-order valence-corrected chi connectivity index (χ4v) is 1.91. The van der Waals surface area contributed by atoms with Gasteiger partial charge in [-0.05, 0) is 36.6 Å². The van der Waals surface area contributed by atoms with Crippen LogP contribution < -0.4 is 10.1 Å². The third-order valence-electron chi connectivity index (χ3n) is 3.22. The molecule has 0 radical (unpaired) electrons. The number of benzene rings is 1. The maximum atomic E-state index is 5.82. The minimum Gasteiger partial charge on any atom is -0.492 e. The molecule has 0 aliphatic rings. The second kappa shape index (κ2) is 6.79. The molecular formula is C16H27NO. The van der Waals surface area contributed by atoms with Crippen LogP contribution in [0, 0.1) is 0 Å². The van der Waals surface area contributed by atoms with E-state index in [0.29, 0.717) is 6.04 Å². The van der Waals surface area contributed by atoms with Gasteiger partial charge in [-0.1, -0.05) is 46.2 Å². The van der Waals surface area contributed by atoms with Crippen molar-refractivity contribution in [1.82, 2.24) is 5.32 Å². The molecule has 0 aromatic heterocycles. The number of rotatable bonds is 6. The van der Waals surface area contributed by atoms with Crippen LogP contribution in [0.3, 0.4) is 0 Å². The normalized spacial score (nSPS) is 13.4. The first-order valence-corrected chi connectivity index (χ1v) is 6.88. The first kappa shape index (κ1) is 15.0. The Labute approximate surface area is 112 Å². The summed E-state index contributed by atoms with van der Waals surface area (Å²) in [5.74, 6) is 0.958. The average Bonchev–Trinajstić information content (AvgIpc) is 2.34. The molecule has 1 aromatic carbocycles. The molecule has 2 nitrogen and oxygen atoms in total. The SMILES string of the molecule is CCCC(COc1ccc(C(C)(C)C)cc1)NC. The zero-order valence-corrected chi connectivity index (χ0v) is 12.4. The zero-order chi connectivity index (χ0) is 13.6. The third kappa shape index (κ3) is 4.69. The highest BCUT2D eigenvalue weighted by atomic mass is 16.5. The molecule has 0 bridgehead atoms. The Morgan fingerprint density at radius 3 is 2.22 bits per heavy atom. The molecule has 102 valence electrons. The van der Waals surface area contributed by atoms with Crippen LogP contribution >= 0.6 is 0 Å². The molecule has 1 aromatic rings. The van der Waals surface area contributed by atoms with Gasteiger partial charge in [-0.25, -0.2) is 0 Å². The molecule has 0 amide bonds. The van der Waals surface area contributed by atoms with E-state index in [-0.39, 0.29) is 5.41 Å². The summed E-state index contributed by atoms with van der Waals surface area (Å²) in [7, 11) is 1.99. The predicted molar refractivity (Wildman–Crippen MR) is 78.4 cm³/mol. The molecule has 18 heavy (non-hydrogen) atoms. The van der Waals surface area contributed by atoms with Crippen molar-refractivity contribution in [1.29, 1.82) is 0 Å². The van der Waals surface area contributed by atoms with Crippen LogP contribution in [-0.2, 0) is 5.41 Å². The maximum absolute atomic E-state index is 5.82. The minimum absolute atomic E-state index is 0.203. The molecule has 0 heterocycles.